The highest BCUT2D eigenvalue weighted by Gasteiger charge is 2.36. The second kappa shape index (κ2) is 3.77. The average Bonchev–Trinajstić information content (AvgIpc) is 2.78. The van der Waals surface area contributed by atoms with Crippen molar-refractivity contribution in [3.05, 3.63) is 24.3 Å². The summed E-state index contributed by atoms with van der Waals surface area (Å²) >= 11 is 0. The molecule has 17 heavy (non-hydrogen) atoms. The van der Waals surface area contributed by atoms with Gasteiger partial charge in [-0.05, 0) is 37.7 Å². The van der Waals surface area contributed by atoms with E-state index in [1.165, 1.54) is 0 Å². The predicted octanol–water partition coefficient (Wildman–Crippen LogP) is 1.49. The van der Waals surface area contributed by atoms with E-state index in [0.29, 0.717) is 5.78 Å². The van der Waals surface area contributed by atoms with Gasteiger partial charge in [0.05, 0.1) is 5.54 Å². The highest BCUT2D eigenvalue weighted by molar-refractivity contribution is 5.28. The van der Waals surface area contributed by atoms with Crippen molar-refractivity contribution < 1.29 is 0 Å². The number of hydrogen-bond donors (Lipinski definition) is 1. The first kappa shape index (κ1) is 10.7. The standard InChI is InChI=1S/C12H17N5/c1-9-3-5-12(13,6-4-9)10-15-16-11-14-7-2-8-17(10)11/h2,7-9H,3-6,13H2,1H3. The van der Waals surface area contributed by atoms with E-state index in [1.807, 2.05) is 16.7 Å². The number of hydrogen-bond acceptors (Lipinski definition) is 4. The zero-order chi connectivity index (χ0) is 11.9. The monoisotopic (exact) mass is 231 g/mol. The molecule has 0 atom stereocenters. The Morgan fingerprint density at radius 1 is 1.35 bits per heavy atom. The van der Waals surface area contributed by atoms with Gasteiger partial charge in [-0.25, -0.2) is 4.98 Å². The van der Waals surface area contributed by atoms with E-state index < -0.39 is 0 Å². The summed E-state index contributed by atoms with van der Waals surface area (Å²) in [7, 11) is 0. The SMILES string of the molecule is CC1CCC(N)(c2nnc3ncccn23)CC1. The van der Waals surface area contributed by atoms with Gasteiger partial charge in [0, 0.05) is 12.4 Å². The number of fused-ring (bicyclic) bond motifs is 1. The smallest absolute Gasteiger partial charge is 0.255 e. The summed E-state index contributed by atoms with van der Waals surface area (Å²) in [5.41, 5.74) is 6.16. The lowest BCUT2D eigenvalue weighted by Crippen LogP contribution is -2.41. The van der Waals surface area contributed by atoms with E-state index >= 15 is 0 Å². The van der Waals surface area contributed by atoms with E-state index in [-0.39, 0.29) is 5.54 Å². The molecule has 1 aliphatic carbocycles. The van der Waals surface area contributed by atoms with Gasteiger partial charge in [-0.15, -0.1) is 10.2 Å². The molecule has 0 aliphatic heterocycles. The van der Waals surface area contributed by atoms with Crippen LogP contribution < -0.4 is 5.73 Å². The van der Waals surface area contributed by atoms with Crippen molar-refractivity contribution in [3.63, 3.8) is 0 Å². The van der Waals surface area contributed by atoms with Crippen LogP contribution in [-0.4, -0.2) is 19.6 Å². The molecule has 5 nitrogen and oxygen atoms in total. The van der Waals surface area contributed by atoms with Crippen LogP contribution in [0.3, 0.4) is 0 Å². The number of aromatic nitrogens is 4. The van der Waals surface area contributed by atoms with Gasteiger partial charge in [0.15, 0.2) is 5.82 Å². The Labute approximate surface area is 100 Å². The highest BCUT2D eigenvalue weighted by Crippen LogP contribution is 2.36. The summed E-state index contributed by atoms with van der Waals surface area (Å²) in [5, 5.41) is 8.32. The Kier molecular flexibility index (Phi) is 2.36. The molecule has 2 N–H and O–H groups in total. The third-order valence-electron chi connectivity index (χ3n) is 3.80. The van der Waals surface area contributed by atoms with Crippen molar-refractivity contribution in [3.8, 4) is 0 Å². The molecule has 0 bridgehead atoms. The fraction of sp³-hybridized carbons (Fsp3) is 0.583. The van der Waals surface area contributed by atoms with Crippen LogP contribution in [0.2, 0.25) is 0 Å². The van der Waals surface area contributed by atoms with E-state index in [9.17, 15) is 0 Å². The lowest BCUT2D eigenvalue weighted by Gasteiger charge is -2.34. The average molecular weight is 231 g/mol. The van der Waals surface area contributed by atoms with Crippen molar-refractivity contribution >= 4 is 5.78 Å². The van der Waals surface area contributed by atoms with Gasteiger partial charge in [-0.2, -0.15) is 0 Å². The van der Waals surface area contributed by atoms with E-state index in [1.54, 1.807) is 6.20 Å². The Bertz CT molecular complexity index is 524. The molecule has 1 fully saturated rings. The van der Waals surface area contributed by atoms with Crippen LogP contribution in [-0.2, 0) is 5.54 Å². The first-order valence-corrected chi connectivity index (χ1v) is 6.14. The van der Waals surface area contributed by atoms with E-state index in [2.05, 4.69) is 22.1 Å². The molecule has 3 rings (SSSR count). The molecular weight excluding hydrogens is 214 g/mol. The molecule has 2 aromatic rings. The van der Waals surface area contributed by atoms with Crippen LogP contribution >= 0.6 is 0 Å². The second-order valence-corrected chi connectivity index (χ2v) is 5.15. The summed E-state index contributed by atoms with van der Waals surface area (Å²) < 4.78 is 1.91. The van der Waals surface area contributed by atoms with Gasteiger partial charge < -0.3 is 5.73 Å². The van der Waals surface area contributed by atoms with Crippen molar-refractivity contribution in [2.24, 2.45) is 11.7 Å². The number of nitrogens with zero attached hydrogens (tertiary/aromatic N) is 4. The minimum absolute atomic E-state index is 0.338. The Morgan fingerprint density at radius 2 is 2.12 bits per heavy atom. The van der Waals surface area contributed by atoms with Gasteiger partial charge in [-0.3, -0.25) is 4.40 Å². The molecule has 1 aliphatic rings. The zero-order valence-corrected chi connectivity index (χ0v) is 10.0. The topological polar surface area (TPSA) is 69.1 Å². The minimum Gasteiger partial charge on any atom is -0.319 e. The third kappa shape index (κ3) is 1.70. The number of nitrogens with two attached hydrogens (primary N) is 1. The molecular formula is C12H17N5. The van der Waals surface area contributed by atoms with Gasteiger partial charge in [0.2, 0.25) is 0 Å². The minimum atomic E-state index is -0.338. The lowest BCUT2D eigenvalue weighted by molar-refractivity contribution is 0.235. The molecule has 0 spiro atoms. The quantitative estimate of drug-likeness (QED) is 0.807. The fourth-order valence-electron chi connectivity index (χ4n) is 2.58. The van der Waals surface area contributed by atoms with Crippen molar-refractivity contribution in [2.75, 3.05) is 0 Å². The first-order chi connectivity index (χ1) is 8.19. The largest absolute Gasteiger partial charge is 0.319 e. The van der Waals surface area contributed by atoms with Gasteiger partial charge in [0.1, 0.15) is 0 Å². The van der Waals surface area contributed by atoms with Crippen LogP contribution in [0.1, 0.15) is 38.4 Å². The summed E-state index contributed by atoms with van der Waals surface area (Å²) in [6.07, 6.45) is 7.93. The van der Waals surface area contributed by atoms with E-state index in [0.717, 1.165) is 37.4 Å². The Balaban J connectivity index is 2.03. The maximum atomic E-state index is 6.50. The van der Waals surface area contributed by atoms with E-state index in [4.69, 9.17) is 5.73 Å². The van der Waals surface area contributed by atoms with Crippen molar-refractivity contribution in [2.45, 2.75) is 38.1 Å². The number of rotatable bonds is 1. The maximum absolute atomic E-state index is 6.50. The van der Waals surface area contributed by atoms with Crippen molar-refractivity contribution in [1.29, 1.82) is 0 Å². The Morgan fingerprint density at radius 3 is 2.88 bits per heavy atom. The van der Waals surface area contributed by atoms with Gasteiger partial charge in [-0.1, -0.05) is 6.92 Å². The maximum Gasteiger partial charge on any atom is 0.255 e. The van der Waals surface area contributed by atoms with Crippen LogP contribution in [0.4, 0.5) is 0 Å². The molecule has 2 aromatic heterocycles. The Hall–Kier alpha value is -1.49. The summed E-state index contributed by atoms with van der Waals surface area (Å²) in [6.45, 7) is 2.28. The normalized spacial score (nSPS) is 29.6. The summed E-state index contributed by atoms with van der Waals surface area (Å²) in [6, 6.07) is 1.88. The second-order valence-electron chi connectivity index (χ2n) is 5.15. The van der Waals surface area contributed by atoms with Gasteiger partial charge >= 0.3 is 0 Å². The third-order valence-corrected chi connectivity index (χ3v) is 3.80. The zero-order valence-electron chi connectivity index (χ0n) is 10.0. The van der Waals surface area contributed by atoms with Crippen LogP contribution in [0.25, 0.3) is 5.78 Å². The molecule has 0 saturated heterocycles. The van der Waals surface area contributed by atoms with Crippen LogP contribution in [0.15, 0.2) is 18.5 Å². The van der Waals surface area contributed by atoms with Crippen LogP contribution in [0, 0.1) is 5.92 Å². The molecule has 0 aromatic carbocycles. The lowest BCUT2D eigenvalue weighted by atomic mass is 9.77. The predicted molar refractivity (Wildman–Crippen MR) is 64.3 cm³/mol. The van der Waals surface area contributed by atoms with Crippen molar-refractivity contribution in [1.82, 2.24) is 19.6 Å². The van der Waals surface area contributed by atoms with Gasteiger partial charge in [0.25, 0.3) is 5.78 Å². The molecule has 0 amide bonds. The molecule has 5 heteroatoms. The molecule has 90 valence electrons. The molecule has 1 saturated carbocycles. The molecule has 0 radical (unpaired) electrons. The van der Waals surface area contributed by atoms with Crippen LogP contribution in [0.5, 0.6) is 0 Å². The highest BCUT2D eigenvalue weighted by atomic mass is 15.3. The molecule has 0 unspecified atom stereocenters. The first-order valence-electron chi connectivity index (χ1n) is 6.14. The molecule has 2 heterocycles. The summed E-state index contributed by atoms with van der Waals surface area (Å²) in [5.74, 6) is 2.25. The fourth-order valence-corrected chi connectivity index (χ4v) is 2.58. The summed E-state index contributed by atoms with van der Waals surface area (Å²) in [4.78, 5) is 4.18.